The van der Waals surface area contributed by atoms with E-state index in [4.69, 9.17) is 11.6 Å². The molecule has 0 bridgehead atoms. The van der Waals surface area contributed by atoms with Gasteiger partial charge < -0.3 is 5.32 Å². The zero-order chi connectivity index (χ0) is 14.8. The Kier molecular flexibility index (Phi) is 5.52. The van der Waals surface area contributed by atoms with E-state index in [-0.39, 0.29) is 0 Å². The lowest BCUT2D eigenvalue weighted by molar-refractivity contribution is 0.0756. The van der Waals surface area contributed by atoms with Gasteiger partial charge in [-0.2, -0.15) is 0 Å². The molecule has 0 aromatic carbocycles. The summed E-state index contributed by atoms with van der Waals surface area (Å²) in [5, 5.41) is 3.75. The number of piperazine rings is 1. The fourth-order valence-corrected chi connectivity index (χ4v) is 4.00. The maximum absolute atomic E-state index is 6.06. The van der Waals surface area contributed by atoms with Gasteiger partial charge >= 0.3 is 0 Å². The van der Waals surface area contributed by atoms with E-state index in [1.165, 1.54) is 17.7 Å². The van der Waals surface area contributed by atoms with Gasteiger partial charge in [0, 0.05) is 36.6 Å². The van der Waals surface area contributed by atoms with Crippen LogP contribution in [0.25, 0.3) is 0 Å². The van der Waals surface area contributed by atoms with Crippen LogP contribution in [0.15, 0.2) is 12.1 Å². The first-order chi connectivity index (χ1) is 9.40. The van der Waals surface area contributed by atoms with Gasteiger partial charge in [0.15, 0.2) is 0 Å². The molecule has 0 saturated carbocycles. The topological polar surface area (TPSA) is 15.3 Å². The minimum Gasteiger partial charge on any atom is -0.311 e. The molecule has 1 aromatic rings. The van der Waals surface area contributed by atoms with Crippen molar-refractivity contribution in [1.82, 2.24) is 10.2 Å². The third kappa shape index (κ3) is 4.20. The summed E-state index contributed by atoms with van der Waals surface area (Å²) >= 11 is 7.78. The Morgan fingerprint density at radius 2 is 2.15 bits per heavy atom. The van der Waals surface area contributed by atoms with Gasteiger partial charge in [-0.05, 0) is 24.0 Å². The van der Waals surface area contributed by atoms with Crippen molar-refractivity contribution in [2.75, 3.05) is 13.1 Å². The van der Waals surface area contributed by atoms with Crippen LogP contribution in [-0.2, 0) is 6.54 Å². The smallest absolute Gasteiger partial charge is 0.0931 e. The maximum atomic E-state index is 6.06. The molecule has 114 valence electrons. The Labute approximate surface area is 132 Å². The van der Waals surface area contributed by atoms with Crippen molar-refractivity contribution in [2.24, 2.45) is 5.41 Å². The molecule has 1 fully saturated rings. The van der Waals surface area contributed by atoms with E-state index in [2.05, 4.69) is 44.0 Å². The first-order valence-corrected chi connectivity index (χ1v) is 8.81. The van der Waals surface area contributed by atoms with Crippen LogP contribution in [0.4, 0.5) is 0 Å². The Balaban J connectivity index is 2.06. The summed E-state index contributed by atoms with van der Waals surface area (Å²) in [5.41, 5.74) is 0.308. The molecule has 4 heteroatoms. The van der Waals surface area contributed by atoms with Crippen LogP contribution in [-0.4, -0.2) is 30.1 Å². The van der Waals surface area contributed by atoms with E-state index < -0.39 is 0 Å². The number of hydrogen-bond acceptors (Lipinski definition) is 3. The van der Waals surface area contributed by atoms with Crippen molar-refractivity contribution in [2.45, 2.75) is 59.2 Å². The molecule has 1 N–H and O–H groups in total. The van der Waals surface area contributed by atoms with Gasteiger partial charge in [0.25, 0.3) is 0 Å². The zero-order valence-electron chi connectivity index (χ0n) is 13.1. The van der Waals surface area contributed by atoms with Gasteiger partial charge in [0.05, 0.1) is 4.34 Å². The fraction of sp³-hybridized carbons (Fsp3) is 0.750. The second kappa shape index (κ2) is 6.78. The number of hydrogen-bond donors (Lipinski definition) is 1. The Bertz CT molecular complexity index is 424. The maximum Gasteiger partial charge on any atom is 0.0931 e. The summed E-state index contributed by atoms with van der Waals surface area (Å²) in [7, 11) is 0. The quantitative estimate of drug-likeness (QED) is 0.886. The van der Waals surface area contributed by atoms with Crippen molar-refractivity contribution in [3.05, 3.63) is 21.3 Å². The molecule has 2 unspecified atom stereocenters. The van der Waals surface area contributed by atoms with Crippen molar-refractivity contribution in [3.63, 3.8) is 0 Å². The minimum absolute atomic E-state index is 0.308. The molecule has 2 atom stereocenters. The first-order valence-electron chi connectivity index (χ1n) is 7.61. The average Bonchev–Trinajstić information content (AvgIpc) is 2.76. The van der Waals surface area contributed by atoms with E-state index in [9.17, 15) is 0 Å². The number of rotatable bonds is 4. The monoisotopic (exact) mass is 314 g/mol. The Hall–Kier alpha value is -0.0900. The molecule has 20 heavy (non-hydrogen) atoms. The second-order valence-electron chi connectivity index (χ2n) is 6.90. The summed E-state index contributed by atoms with van der Waals surface area (Å²) < 4.78 is 0.898. The largest absolute Gasteiger partial charge is 0.311 e. The lowest BCUT2D eigenvalue weighted by atomic mass is 9.84. The van der Waals surface area contributed by atoms with Crippen LogP contribution in [0.2, 0.25) is 4.34 Å². The molecule has 1 aromatic heterocycles. The third-order valence-electron chi connectivity index (χ3n) is 4.19. The molecule has 2 nitrogen and oxygen atoms in total. The highest BCUT2D eigenvalue weighted by Gasteiger charge is 2.33. The van der Waals surface area contributed by atoms with Crippen molar-refractivity contribution in [3.8, 4) is 0 Å². The zero-order valence-corrected chi connectivity index (χ0v) is 14.7. The Morgan fingerprint density at radius 1 is 1.40 bits per heavy atom. The molecule has 2 heterocycles. The van der Waals surface area contributed by atoms with E-state index in [1.807, 2.05) is 6.07 Å². The van der Waals surface area contributed by atoms with Gasteiger partial charge in [0.1, 0.15) is 0 Å². The van der Waals surface area contributed by atoms with Crippen LogP contribution >= 0.6 is 22.9 Å². The first kappa shape index (κ1) is 16.3. The summed E-state index contributed by atoms with van der Waals surface area (Å²) in [5.74, 6) is 0. The van der Waals surface area contributed by atoms with Gasteiger partial charge in [-0.3, -0.25) is 4.90 Å². The van der Waals surface area contributed by atoms with Gasteiger partial charge in [0.2, 0.25) is 0 Å². The molecule has 0 radical (unpaired) electrons. The van der Waals surface area contributed by atoms with Crippen LogP contribution < -0.4 is 5.32 Å². The van der Waals surface area contributed by atoms with Crippen molar-refractivity contribution in [1.29, 1.82) is 0 Å². The number of halogens is 1. The molecule has 0 spiro atoms. The lowest BCUT2D eigenvalue weighted by Gasteiger charge is -2.45. The summed E-state index contributed by atoms with van der Waals surface area (Å²) in [4.78, 5) is 4.03. The molecule has 0 amide bonds. The van der Waals surface area contributed by atoms with Crippen LogP contribution in [0.1, 0.15) is 45.4 Å². The summed E-state index contributed by atoms with van der Waals surface area (Å²) in [6, 6.07) is 5.40. The fourth-order valence-electron chi connectivity index (χ4n) is 2.88. The van der Waals surface area contributed by atoms with Crippen molar-refractivity contribution < 1.29 is 0 Å². The molecule has 1 aliphatic heterocycles. The van der Waals surface area contributed by atoms with Gasteiger partial charge in [-0.1, -0.05) is 45.7 Å². The number of thiophene rings is 1. The molecule has 2 rings (SSSR count). The van der Waals surface area contributed by atoms with Gasteiger partial charge in [-0.25, -0.2) is 0 Å². The highest BCUT2D eigenvalue weighted by molar-refractivity contribution is 7.16. The number of nitrogens with one attached hydrogen (secondary N) is 1. The Morgan fingerprint density at radius 3 is 2.70 bits per heavy atom. The standard InChI is InChI=1S/C16H27ClN2S/c1-5-6-12-9-18-14(16(2,3)4)11-19(12)10-13-7-8-15(17)20-13/h7-8,12,14,18H,5-6,9-11H2,1-4H3. The normalized spacial score (nSPS) is 25.1. The highest BCUT2D eigenvalue weighted by Crippen LogP contribution is 2.28. The SMILES string of the molecule is CCCC1CNC(C(C)(C)C)CN1Cc1ccc(Cl)s1. The van der Waals surface area contributed by atoms with Gasteiger partial charge in [-0.15, -0.1) is 11.3 Å². The van der Waals surface area contributed by atoms with E-state index >= 15 is 0 Å². The van der Waals surface area contributed by atoms with Crippen LogP contribution in [0.5, 0.6) is 0 Å². The van der Waals surface area contributed by atoms with E-state index in [1.54, 1.807) is 11.3 Å². The molecule has 1 saturated heterocycles. The summed E-state index contributed by atoms with van der Waals surface area (Å²) in [6.45, 7) is 12.5. The van der Waals surface area contributed by atoms with Crippen molar-refractivity contribution >= 4 is 22.9 Å². The summed E-state index contributed by atoms with van der Waals surface area (Å²) in [6.07, 6.45) is 2.51. The van der Waals surface area contributed by atoms with Crippen LogP contribution in [0, 0.1) is 5.41 Å². The minimum atomic E-state index is 0.308. The predicted molar refractivity (Wildman–Crippen MR) is 89.7 cm³/mol. The lowest BCUT2D eigenvalue weighted by Crippen LogP contribution is -2.59. The molecular weight excluding hydrogens is 288 g/mol. The van der Waals surface area contributed by atoms with Crippen LogP contribution in [0.3, 0.4) is 0 Å². The molecular formula is C16H27ClN2S. The molecule has 0 aliphatic carbocycles. The average molecular weight is 315 g/mol. The molecule has 1 aliphatic rings. The predicted octanol–water partition coefficient (Wildman–Crippen LogP) is 4.39. The van der Waals surface area contributed by atoms with E-state index in [0.717, 1.165) is 24.0 Å². The third-order valence-corrected chi connectivity index (χ3v) is 5.40. The highest BCUT2D eigenvalue weighted by atomic mass is 35.5. The van der Waals surface area contributed by atoms with E-state index in [0.29, 0.717) is 17.5 Å². The second-order valence-corrected chi connectivity index (χ2v) is 8.70. The number of nitrogens with zero attached hydrogens (tertiary/aromatic N) is 1.